The Morgan fingerprint density at radius 3 is 2.72 bits per heavy atom. The number of rotatable bonds is 4. The van der Waals surface area contributed by atoms with Gasteiger partial charge in [0.05, 0.1) is 22.0 Å². The van der Waals surface area contributed by atoms with Crippen molar-refractivity contribution in [2.45, 2.75) is 24.7 Å². The molecule has 0 aromatic carbocycles. The van der Waals surface area contributed by atoms with Crippen molar-refractivity contribution in [3.8, 4) is 11.4 Å². The standard InChI is InChI=1S/C16H13F3N6O3S/c1-9-14(29(2,26)21-5-11-7-27-8-20-11)25-6-10(3-4-12(25)22-9)13-23-15(28-24-13)16(17,18)19/h3-4,6-8H,5H2,1-2H3. The zero-order valence-electron chi connectivity index (χ0n) is 15.0. The van der Waals surface area contributed by atoms with Gasteiger partial charge in [-0.05, 0) is 19.1 Å². The lowest BCUT2D eigenvalue weighted by atomic mass is 10.3. The van der Waals surface area contributed by atoms with E-state index < -0.39 is 21.8 Å². The van der Waals surface area contributed by atoms with Gasteiger partial charge in [0.2, 0.25) is 5.82 Å². The van der Waals surface area contributed by atoms with Gasteiger partial charge in [-0.2, -0.15) is 18.2 Å². The van der Waals surface area contributed by atoms with Crippen LogP contribution in [0.4, 0.5) is 13.2 Å². The molecule has 0 aliphatic carbocycles. The van der Waals surface area contributed by atoms with Crippen LogP contribution in [-0.2, 0) is 22.5 Å². The van der Waals surface area contributed by atoms with Crippen LogP contribution in [0.5, 0.6) is 0 Å². The fourth-order valence-corrected chi connectivity index (χ4v) is 4.36. The fraction of sp³-hybridized carbons (Fsp3) is 0.250. The molecule has 13 heteroatoms. The van der Waals surface area contributed by atoms with E-state index in [9.17, 15) is 17.4 Å². The summed E-state index contributed by atoms with van der Waals surface area (Å²) in [7, 11) is -2.92. The summed E-state index contributed by atoms with van der Waals surface area (Å²) in [4.78, 5) is 11.7. The van der Waals surface area contributed by atoms with E-state index in [0.29, 0.717) is 22.1 Å². The average Bonchev–Trinajstić information content (AvgIpc) is 3.37. The lowest BCUT2D eigenvalue weighted by molar-refractivity contribution is -0.159. The van der Waals surface area contributed by atoms with Gasteiger partial charge < -0.3 is 8.94 Å². The van der Waals surface area contributed by atoms with Crippen molar-refractivity contribution < 1.29 is 26.3 Å². The van der Waals surface area contributed by atoms with Crippen molar-refractivity contribution in [3.63, 3.8) is 0 Å². The van der Waals surface area contributed by atoms with Crippen LogP contribution in [0.1, 0.15) is 17.3 Å². The predicted molar refractivity (Wildman–Crippen MR) is 93.2 cm³/mol. The van der Waals surface area contributed by atoms with E-state index in [0.717, 1.165) is 0 Å². The Balaban J connectivity index is 1.80. The molecule has 0 N–H and O–H groups in total. The number of oxazole rings is 1. The molecule has 152 valence electrons. The number of imidazole rings is 1. The summed E-state index contributed by atoms with van der Waals surface area (Å²) < 4.78 is 66.3. The van der Waals surface area contributed by atoms with Crippen molar-refractivity contribution in [2.24, 2.45) is 4.36 Å². The van der Waals surface area contributed by atoms with Gasteiger partial charge in [0.15, 0.2) is 6.39 Å². The topological polar surface area (TPSA) is 112 Å². The largest absolute Gasteiger partial charge is 0.471 e. The maximum atomic E-state index is 13.3. The number of pyridine rings is 1. The van der Waals surface area contributed by atoms with Crippen molar-refractivity contribution in [1.82, 2.24) is 24.5 Å². The molecule has 4 heterocycles. The third-order valence-corrected chi connectivity index (χ3v) is 5.81. The molecule has 9 nitrogen and oxygen atoms in total. The smallest absolute Gasteiger partial charge is 0.451 e. The van der Waals surface area contributed by atoms with Gasteiger partial charge in [-0.3, -0.25) is 4.40 Å². The molecule has 0 bridgehead atoms. The van der Waals surface area contributed by atoms with E-state index in [1.807, 2.05) is 0 Å². The monoisotopic (exact) mass is 426 g/mol. The summed E-state index contributed by atoms with van der Waals surface area (Å²) in [5.74, 6) is -1.70. The van der Waals surface area contributed by atoms with Crippen LogP contribution in [0.3, 0.4) is 0 Å². The highest BCUT2D eigenvalue weighted by Gasteiger charge is 2.38. The predicted octanol–water partition coefficient (Wildman–Crippen LogP) is 3.36. The molecular formula is C16H13F3N6O3S. The molecule has 29 heavy (non-hydrogen) atoms. The average molecular weight is 426 g/mol. The zero-order chi connectivity index (χ0) is 20.8. The van der Waals surface area contributed by atoms with Crippen LogP contribution in [0.2, 0.25) is 0 Å². The summed E-state index contributed by atoms with van der Waals surface area (Å²) in [5, 5.41) is 3.69. The second kappa shape index (κ2) is 6.69. The molecule has 0 aliphatic rings. The molecule has 4 aromatic rings. The molecule has 0 fully saturated rings. The van der Waals surface area contributed by atoms with Gasteiger partial charge in [0.25, 0.3) is 0 Å². The summed E-state index contributed by atoms with van der Waals surface area (Å²) in [6.07, 6.45) is 0.793. The molecule has 0 saturated heterocycles. The number of halogens is 3. The van der Waals surface area contributed by atoms with Crippen LogP contribution in [0.15, 0.2) is 49.3 Å². The van der Waals surface area contributed by atoms with Gasteiger partial charge in [-0.25, -0.2) is 18.5 Å². The SMILES string of the molecule is Cc1nc2ccc(-c3noc(C(F)(F)F)n3)cn2c1S(C)(=O)=NCc1cocn1. The van der Waals surface area contributed by atoms with E-state index in [1.165, 1.54) is 35.6 Å². The second-order valence-corrected chi connectivity index (χ2v) is 8.39. The van der Waals surface area contributed by atoms with E-state index in [2.05, 4.69) is 29.0 Å². The Morgan fingerprint density at radius 2 is 2.07 bits per heavy atom. The first-order valence-electron chi connectivity index (χ1n) is 8.10. The zero-order valence-corrected chi connectivity index (χ0v) is 15.9. The Labute approximate surface area is 161 Å². The first-order chi connectivity index (χ1) is 13.6. The van der Waals surface area contributed by atoms with E-state index in [4.69, 9.17) is 4.42 Å². The maximum Gasteiger partial charge on any atom is 0.471 e. The third kappa shape index (κ3) is 3.60. The number of nitrogens with zero attached hydrogens (tertiary/aromatic N) is 6. The molecule has 0 aliphatic heterocycles. The summed E-state index contributed by atoms with van der Waals surface area (Å²) in [6, 6.07) is 3.06. The van der Waals surface area contributed by atoms with Crippen LogP contribution in [0, 0.1) is 6.92 Å². The van der Waals surface area contributed by atoms with Crippen molar-refractivity contribution in [1.29, 1.82) is 0 Å². The normalized spacial score (nSPS) is 14.2. The van der Waals surface area contributed by atoms with Crippen LogP contribution >= 0.6 is 0 Å². The van der Waals surface area contributed by atoms with Gasteiger partial charge in [-0.1, -0.05) is 5.16 Å². The Morgan fingerprint density at radius 1 is 1.28 bits per heavy atom. The number of fused-ring (bicyclic) bond motifs is 1. The highest BCUT2D eigenvalue weighted by molar-refractivity contribution is 7.92. The van der Waals surface area contributed by atoms with Crippen molar-refractivity contribution in [3.05, 3.63) is 48.3 Å². The lowest BCUT2D eigenvalue weighted by Crippen LogP contribution is -2.05. The summed E-state index contributed by atoms with van der Waals surface area (Å²) >= 11 is 0. The number of aryl methyl sites for hydroxylation is 1. The molecular weight excluding hydrogens is 413 g/mol. The number of hydrogen-bond donors (Lipinski definition) is 0. The van der Waals surface area contributed by atoms with E-state index >= 15 is 0 Å². The van der Waals surface area contributed by atoms with Gasteiger partial charge in [-0.15, -0.1) is 0 Å². The van der Waals surface area contributed by atoms with E-state index in [1.54, 1.807) is 13.0 Å². The minimum absolute atomic E-state index is 0.0674. The number of hydrogen-bond acceptors (Lipinski definition) is 8. The van der Waals surface area contributed by atoms with Gasteiger partial charge in [0.1, 0.15) is 22.6 Å². The Bertz CT molecular complexity index is 1300. The highest BCUT2D eigenvalue weighted by Crippen LogP contribution is 2.30. The third-order valence-electron chi connectivity index (χ3n) is 3.98. The molecule has 0 spiro atoms. The highest BCUT2D eigenvalue weighted by atomic mass is 32.2. The summed E-state index contributed by atoms with van der Waals surface area (Å²) in [5.41, 5.74) is 1.68. The van der Waals surface area contributed by atoms with E-state index in [-0.39, 0.29) is 17.9 Å². The van der Waals surface area contributed by atoms with Crippen LogP contribution in [-0.4, -0.2) is 35.0 Å². The molecule has 0 radical (unpaired) electrons. The molecule has 0 saturated carbocycles. The first-order valence-corrected chi connectivity index (χ1v) is 10.0. The molecule has 1 atom stereocenters. The summed E-state index contributed by atoms with van der Waals surface area (Å²) in [6.45, 7) is 1.74. The molecule has 0 amide bonds. The Hall–Kier alpha value is -3.22. The van der Waals surface area contributed by atoms with Gasteiger partial charge >= 0.3 is 12.1 Å². The van der Waals surface area contributed by atoms with Crippen molar-refractivity contribution in [2.75, 3.05) is 6.26 Å². The quantitative estimate of drug-likeness (QED) is 0.492. The Kier molecular flexibility index (Phi) is 4.41. The lowest BCUT2D eigenvalue weighted by Gasteiger charge is -2.06. The minimum atomic E-state index is -4.75. The molecule has 4 rings (SSSR count). The van der Waals surface area contributed by atoms with Gasteiger partial charge in [0, 0.05) is 18.0 Å². The fourth-order valence-electron chi connectivity index (χ4n) is 2.75. The number of alkyl halides is 3. The maximum absolute atomic E-state index is 13.3. The molecule has 4 aromatic heterocycles. The van der Waals surface area contributed by atoms with Crippen LogP contribution < -0.4 is 0 Å². The first kappa shape index (κ1) is 19.1. The van der Waals surface area contributed by atoms with Crippen molar-refractivity contribution >= 4 is 15.4 Å². The van der Waals surface area contributed by atoms with Crippen LogP contribution in [0.25, 0.3) is 17.0 Å². The number of aromatic nitrogens is 5. The molecule has 1 unspecified atom stereocenters. The minimum Gasteiger partial charge on any atom is -0.451 e. The second-order valence-electron chi connectivity index (χ2n) is 6.14.